The fraction of sp³-hybridized carbons (Fsp3) is 0.533. The maximum Gasteiger partial charge on any atom is 0.310 e. The van der Waals surface area contributed by atoms with Gasteiger partial charge in [0.05, 0.1) is 13.0 Å². The quantitative estimate of drug-likeness (QED) is 0.756. The third-order valence-electron chi connectivity index (χ3n) is 3.31. The third kappa shape index (κ3) is 4.49. The van der Waals surface area contributed by atoms with Crippen LogP contribution in [0.15, 0.2) is 24.3 Å². The molecule has 0 saturated carbocycles. The smallest absolute Gasteiger partial charge is 0.310 e. The van der Waals surface area contributed by atoms with Crippen LogP contribution in [-0.2, 0) is 22.5 Å². The lowest BCUT2D eigenvalue weighted by atomic mass is 10.0. The van der Waals surface area contributed by atoms with Crippen LogP contribution in [0.4, 0.5) is 0 Å². The summed E-state index contributed by atoms with van der Waals surface area (Å²) in [5.74, 6) is 0.307. The molecule has 0 unspecified atom stereocenters. The lowest BCUT2D eigenvalue weighted by Gasteiger charge is -2.13. The molecule has 0 aromatic heterocycles. The monoisotopic (exact) mass is 249 g/mol. The van der Waals surface area contributed by atoms with E-state index in [4.69, 9.17) is 10.5 Å². The molecule has 0 fully saturated rings. The van der Waals surface area contributed by atoms with Crippen molar-refractivity contribution in [1.29, 1.82) is 0 Å². The van der Waals surface area contributed by atoms with Gasteiger partial charge in [-0.1, -0.05) is 51.0 Å². The summed E-state index contributed by atoms with van der Waals surface area (Å²) in [6.45, 7) is 5.21. The van der Waals surface area contributed by atoms with Crippen molar-refractivity contribution in [2.75, 3.05) is 6.61 Å². The first-order valence-corrected chi connectivity index (χ1v) is 6.63. The summed E-state index contributed by atoms with van der Waals surface area (Å²) in [5.41, 5.74) is 7.62. The highest BCUT2D eigenvalue weighted by Gasteiger charge is 2.10. The van der Waals surface area contributed by atoms with E-state index in [9.17, 15) is 4.79 Å². The Hall–Kier alpha value is -1.35. The summed E-state index contributed by atoms with van der Waals surface area (Å²) in [4.78, 5) is 11.8. The van der Waals surface area contributed by atoms with Gasteiger partial charge in [-0.05, 0) is 17.0 Å². The van der Waals surface area contributed by atoms with Crippen molar-refractivity contribution in [3.05, 3.63) is 35.4 Å². The van der Waals surface area contributed by atoms with Gasteiger partial charge in [0.25, 0.3) is 0 Å². The number of hydrogen-bond acceptors (Lipinski definition) is 3. The Labute approximate surface area is 109 Å². The minimum Gasteiger partial charge on any atom is -0.465 e. The zero-order chi connectivity index (χ0) is 13.4. The number of nitrogens with two attached hydrogens (primary N) is 1. The summed E-state index contributed by atoms with van der Waals surface area (Å²) in [7, 11) is 0. The number of ether oxygens (including phenoxy) is 1. The van der Waals surface area contributed by atoms with Crippen LogP contribution in [-0.4, -0.2) is 12.6 Å². The first kappa shape index (κ1) is 14.7. The van der Waals surface area contributed by atoms with E-state index in [0.29, 0.717) is 25.5 Å². The van der Waals surface area contributed by atoms with Crippen LogP contribution < -0.4 is 5.73 Å². The molecule has 0 radical (unpaired) electrons. The molecular formula is C15H23NO2. The average Bonchev–Trinajstić information content (AvgIpc) is 2.40. The van der Waals surface area contributed by atoms with Crippen molar-refractivity contribution in [3.8, 4) is 0 Å². The normalized spacial score (nSPS) is 10.7. The van der Waals surface area contributed by atoms with Gasteiger partial charge in [-0.15, -0.1) is 0 Å². The maximum atomic E-state index is 11.8. The van der Waals surface area contributed by atoms with Crippen molar-refractivity contribution < 1.29 is 9.53 Å². The van der Waals surface area contributed by atoms with Gasteiger partial charge < -0.3 is 10.5 Å². The Balaban J connectivity index is 2.49. The fourth-order valence-electron chi connectivity index (χ4n) is 1.87. The van der Waals surface area contributed by atoms with Crippen LogP contribution in [0, 0.1) is 5.92 Å². The predicted molar refractivity (Wildman–Crippen MR) is 73.1 cm³/mol. The zero-order valence-corrected chi connectivity index (χ0v) is 11.3. The van der Waals surface area contributed by atoms with Gasteiger partial charge in [0, 0.05) is 6.54 Å². The van der Waals surface area contributed by atoms with Crippen LogP contribution in [0.2, 0.25) is 0 Å². The van der Waals surface area contributed by atoms with Crippen LogP contribution in [0.3, 0.4) is 0 Å². The summed E-state index contributed by atoms with van der Waals surface area (Å²) < 4.78 is 5.31. The molecule has 3 nitrogen and oxygen atoms in total. The molecule has 0 aliphatic rings. The number of hydrogen-bond donors (Lipinski definition) is 1. The summed E-state index contributed by atoms with van der Waals surface area (Å²) >= 11 is 0. The minimum absolute atomic E-state index is 0.164. The van der Waals surface area contributed by atoms with Crippen LogP contribution >= 0.6 is 0 Å². The lowest BCUT2D eigenvalue weighted by molar-refractivity contribution is -0.144. The fourth-order valence-corrected chi connectivity index (χ4v) is 1.87. The largest absolute Gasteiger partial charge is 0.465 e. The highest BCUT2D eigenvalue weighted by atomic mass is 16.5. The van der Waals surface area contributed by atoms with E-state index in [1.165, 1.54) is 0 Å². The molecule has 0 heterocycles. The Kier molecular flexibility index (Phi) is 6.44. The predicted octanol–water partition coefficient (Wildman–Crippen LogP) is 2.67. The van der Waals surface area contributed by atoms with Crippen LogP contribution in [0.5, 0.6) is 0 Å². The van der Waals surface area contributed by atoms with Gasteiger partial charge in [0.1, 0.15) is 0 Å². The van der Waals surface area contributed by atoms with Gasteiger partial charge >= 0.3 is 5.97 Å². The first-order valence-electron chi connectivity index (χ1n) is 6.63. The maximum absolute atomic E-state index is 11.8. The molecule has 18 heavy (non-hydrogen) atoms. The molecule has 1 aromatic carbocycles. The van der Waals surface area contributed by atoms with E-state index >= 15 is 0 Å². The Morgan fingerprint density at radius 3 is 2.39 bits per heavy atom. The number of carbonyl (C=O) groups excluding carboxylic acids is 1. The average molecular weight is 249 g/mol. The van der Waals surface area contributed by atoms with Crippen molar-refractivity contribution in [1.82, 2.24) is 0 Å². The summed E-state index contributed by atoms with van der Waals surface area (Å²) in [6.07, 6.45) is 2.40. The van der Waals surface area contributed by atoms with Crippen molar-refractivity contribution in [2.45, 2.75) is 39.7 Å². The molecule has 0 saturated heterocycles. The zero-order valence-electron chi connectivity index (χ0n) is 11.3. The van der Waals surface area contributed by atoms with Gasteiger partial charge in [0.15, 0.2) is 0 Å². The van der Waals surface area contributed by atoms with Crippen molar-refractivity contribution in [2.24, 2.45) is 11.7 Å². The molecule has 0 aliphatic heterocycles. The second-order valence-electron chi connectivity index (χ2n) is 4.52. The summed E-state index contributed by atoms with van der Waals surface area (Å²) in [6, 6.07) is 7.73. The molecule has 2 N–H and O–H groups in total. The van der Waals surface area contributed by atoms with Crippen LogP contribution in [0.25, 0.3) is 0 Å². The minimum atomic E-state index is -0.164. The molecule has 0 bridgehead atoms. The summed E-state index contributed by atoms with van der Waals surface area (Å²) in [5, 5.41) is 0. The lowest BCUT2D eigenvalue weighted by Crippen LogP contribution is -2.16. The van der Waals surface area contributed by atoms with E-state index in [2.05, 4.69) is 13.8 Å². The molecule has 1 aromatic rings. The highest BCUT2D eigenvalue weighted by molar-refractivity contribution is 5.73. The Bertz CT molecular complexity index is 373. The molecule has 3 heteroatoms. The Morgan fingerprint density at radius 1 is 1.22 bits per heavy atom. The molecular weight excluding hydrogens is 226 g/mol. The molecule has 0 aliphatic carbocycles. The molecule has 0 atom stereocenters. The van der Waals surface area contributed by atoms with E-state index in [1.807, 2.05) is 24.3 Å². The first-order chi connectivity index (χ1) is 8.71. The van der Waals surface area contributed by atoms with Gasteiger partial charge in [-0.3, -0.25) is 4.79 Å². The van der Waals surface area contributed by atoms with E-state index < -0.39 is 0 Å². The van der Waals surface area contributed by atoms with E-state index in [1.54, 1.807) is 0 Å². The van der Waals surface area contributed by atoms with Crippen LogP contribution in [0.1, 0.15) is 37.8 Å². The SMILES string of the molecule is CCC(CC)COC(=O)Cc1ccccc1CN. The number of carbonyl (C=O) groups is 1. The molecule has 0 spiro atoms. The van der Waals surface area contributed by atoms with Crippen molar-refractivity contribution in [3.63, 3.8) is 0 Å². The van der Waals surface area contributed by atoms with Gasteiger partial charge in [-0.25, -0.2) is 0 Å². The van der Waals surface area contributed by atoms with E-state index in [-0.39, 0.29) is 5.97 Å². The highest BCUT2D eigenvalue weighted by Crippen LogP contribution is 2.11. The van der Waals surface area contributed by atoms with E-state index in [0.717, 1.165) is 24.0 Å². The Morgan fingerprint density at radius 2 is 1.83 bits per heavy atom. The second kappa shape index (κ2) is 7.88. The number of rotatable bonds is 7. The van der Waals surface area contributed by atoms with Gasteiger partial charge in [-0.2, -0.15) is 0 Å². The number of esters is 1. The molecule has 1 rings (SSSR count). The second-order valence-corrected chi connectivity index (χ2v) is 4.52. The van der Waals surface area contributed by atoms with Crippen molar-refractivity contribution >= 4 is 5.97 Å². The topological polar surface area (TPSA) is 52.3 Å². The molecule has 0 amide bonds. The third-order valence-corrected chi connectivity index (χ3v) is 3.31. The standard InChI is InChI=1S/C15H23NO2/c1-3-12(4-2)11-18-15(17)9-13-7-5-6-8-14(13)10-16/h5-8,12H,3-4,9-11,16H2,1-2H3. The number of benzene rings is 1. The van der Waals surface area contributed by atoms with Gasteiger partial charge in [0.2, 0.25) is 0 Å². The molecule has 100 valence electrons.